The average molecular weight is 654 g/mol. The fraction of sp³-hybridized carbons (Fsp3) is 0. The maximum atomic E-state index is 8.52. The first-order chi connectivity index (χ1) is 14.9. The van der Waals surface area contributed by atoms with Crippen molar-refractivity contribution in [2.45, 2.75) is 0 Å². The molecule has 0 bridgehead atoms. The molecule has 0 amide bonds. The molecule has 0 radical (unpaired) electrons. The lowest BCUT2D eigenvalue weighted by atomic mass is 10.1. The Labute approximate surface area is 202 Å². The molecule has 0 aliphatic carbocycles. The Bertz CT molecular complexity index is 1150. The number of rotatable bonds is 0. The van der Waals surface area contributed by atoms with Crippen LogP contribution in [0.2, 0.25) is 0 Å². The Morgan fingerprint density at radius 1 is 0.452 bits per heavy atom. The lowest BCUT2D eigenvalue weighted by molar-refractivity contribution is -0.590. The van der Waals surface area contributed by atoms with Crippen molar-refractivity contribution < 1.29 is 59.9 Å². The van der Waals surface area contributed by atoms with E-state index < -0.39 is 10.4 Å². The molecule has 2 aliphatic heterocycles. The number of halogens is 2. The molecule has 0 saturated carbocycles. The molecular weight excluding hydrogens is 638 g/mol. The van der Waals surface area contributed by atoms with Crippen molar-refractivity contribution in [1.29, 1.82) is 0 Å². The van der Waals surface area contributed by atoms with Gasteiger partial charge < -0.3 is 9.11 Å². The molecule has 4 aromatic carbocycles. The lowest BCUT2D eigenvalue weighted by Crippen LogP contribution is -3.61. The first-order valence-corrected chi connectivity index (χ1v) is 14.9. The third-order valence-corrected chi connectivity index (χ3v) is 10.6. The molecule has 0 unspecified atom stereocenters. The van der Waals surface area contributed by atoms with E-state index in [-0.39, 0.29) is 42.4 Å². The monoisotopic (exact) mass is 654 g/mol. The number of fused-ring (bicyclic) bond motifs is 6. The van der Waals surface area contributed by atoms with E-state index in [1.807, 2.05) is 0 Å². The van der Waals surface area contributed by atoms with E-state index in [2.05, 4.69) is 97.1 Å². The number of benzene rings is 4. The molecule has 0 atom stereocenters. The highest BCUT2D eigenvalue weighted by atomic mass is 127. The number of hydrogen-bond acceptors (Lipinski definition) is 4. The summed E-state index contributed by atoms with van der Waals surface area (Å²) in [5, 5.41) is 0. The second-order valence-corrected chi connectivity index (χ2v) is 13.1. The van der Waals surface area contributed by atoms with E-state index in [4.69, 9.17) is 17.5 Å². The molecular formula is C24H16I2O4S. The van der Waals surface area contributed by atoms with Gasteiger partial charge in [0.05, 0.1) is 0 Å². The predicted molar refractivity (Wildman–Crippen MR) is 109 cm³/mol. The van der Waals surface area contributed by atoms with Gasteiger partial charge in [0.2, 0.25) is 14.3 Å². The van der Waals surface area contributed by atoms with Gasteiger partial charge in [-0.25, -0.2) is 0 Å². The minimum atomic E-state index is -5.17. The summed E-state index contributed by atoms with van der Waals surface area (Å²) in [6, 6.07) is 35.1. The average Bonchev–Trinajstić information content (AvgIpc) is 3.31. The van der Waals surface area contributed by atoms with Crippen molar-refractivity contribution in [3.05, 3.63) is 111 Å². The second-order valence-electron chi connectivity index (χ2n) is 6.52. The zero-order valence-corrected chi connectivity index (χ0v) is 21.2. The summed E-state index contributed by atoms with van der Waals surface area (Å²) in [4.78, 5) is 0. The topological polar surface area (TPSA) is 80.3 Å². The van der Waals surface area contributed by atoms with Gasteiger partial charge in [-0.1, -0.05) is 48.5 Å². The van der Waals surface area contributed by atoms with E-state index in [0.29, 0.717) is 0 Å². The van der Waals surface area contributed by atoms with Crippen LogP contribution >= 0.6 is 0 Å². The fourth-order valence-electron chi connectivity index (χ4n) is 3.27. The Morgan fingerprint density at radius 2 is 0.645 bits per heavy atom. The molecule has 2 aliphatic rings. The molecule has 2 heterocycles. The summed E-state index contributed by atoms with van der Waals surface area (Å²) >= 11 is 0.206. The van der Waals surface area contributed by atoms with Crippen LogP contribution < -0.4 is 42.4 Å². The molecule has 0 N–H and O–H groups in total. The highest BCUT2D eigenvalue weighted by Gasteiger charge is 2.32. The van der Waals surface area contributed by atoms with E-state index in [9.17, 15) is 0 Å². The summed E-state index contributed by atoms with van der Waals surface area (Å²) in [7, 11) is -5.17. The zero-order valence-electron chi connectivity index (χ0n) is 16.0. The Kier molecular flexibility index (Phi) is 7.07. The van der Waals surface area contributed by atoms with E-state index in [1.54, 1.807) is 14.3 Å². The summed E-state index contributed by atoms with van der Waals surface area (Å²) in [6.45, 7) is 0. The molecule has 0 aromatic heterocycles. The van der Waals surface area contributed by atoms with Crippen molar-refractivity contribution in [2.24, 2.45) is 0 Å². The van der Waals surface area contributed by atoms with Crippen LogP contribution in [-0.4, -0.2) is 17.5 Å². The highest BCUT2D eigenvalue weighted by Crippen LogP contribution is 2.22. The smallest absolute Gasteiger partial charge is 0.359 e. The van der Waals surface area contributed by atoms with Crippen LogP contribution in [-0.2, 0) is 10.4 Å². The third kappa shape index (κ3) is 5.72. The van der Waals surface area contributed by atoms with Gasteiger partial charge in [0.1, 0.15) is 0 Å². The van der Waals surface area contributed by atoms with Crippen LogP contribution in [0.3, 0.4) is 0 Å². The highest BCUT2D eigenvalue weighted by molar-refractivity contribution is 7.79. The maximum Gasteiger partial charge on any atom is 0.359 e. The van der Waals surface area contributed by atoms with Crippen LogP contribution in [0.15, 0.2) is 97.1 Å². The van der Waals surface area contributed by atoms with Gasteiger partial charge in [0.25, 0.3) is 0 Å². The summed E-state index contributed by atoms with van der Waals surface area (Å²) in [5.74, 6) is 0. The largest absolute Gasteiger partial charge is 0.759 e. The van der Waals surface area contributed by atoms with Gasteiger partial charge >= 0.3 is 42.4 Å². The van der Waals surface area contributed by atoms with Crippen LogP contribution in [0.25, 0.3) is 22.3 Å². The Morgan fingerprint density at radius 3 is 0.871 bits per heavy atom. The van der Waals surface area contributed by atoms with Crippen LogP contribution in [0, 0.1) is 14.3 Å². The van der Waals surface area contributed by atoms with Gasteiger partial charge in [-0.3, -0.25) is 8.42 Å². The summed E-state index contributed by atoms with van der Waals surface area (Å²) in [5.41, 5.74) is 5.86. The first-order valence-electron chi connectivity index (χ1n) is 9.23. The summed E-state index contributed by atoms with van der Waals surface area (Å²) < 4.78 is 40.4. The number of hydrogen-bond donors (Lipinski definition) is 0. The van der Waals surface area contributed by atoms with Crippen molar-refractivity contribution >= 4 is 10.4 Å². The standard InChI is InChI=1S/2C12H8I.H2O4S/c2*1-3-7-11-9(5-1)10-6-2-4-8-12(10)13-11;1-5(2,3)4/h2*1-8H;(H2,1,2,3,4)/q2*+1;/p-2. The SMILES string of the molecule is O=S(=O)([O-])[O-].c1ccc2c(c1)[I+]c1ccccc1-2.c1ccc2c(c1)[I+]c1ccccc1-2. The Balaban J connectivity index is 0.000000124. The van der Waals surface area contributed by atoms with Crippen LogP contribution in [0.5, 0.6) is 0 Å². The second kappa shape index (κ2) is 9.78. The fourth-order valence-corrected chi connectivity index (χ4v) is 9.11. The molecule has 7 heteroatoms. The minimum Gasteiger partial charge on any atom is -0.759 e. The molecule has 0 saturated heterocycles. The van der Waals surface area contributed by atoms with Gasteiger partial charge in [0.15, 0.2) is 0 Å². The van der Waals surface area contributed by atoms with E-state index in [1.165, 1.54) is 22.3 Å². The molecule has 0 spiro atoms. The van der Waals surface area contributed by atoms with E-state index in [0.717, 1.165) is 0 Å². The normalized spacial score (nSPS) is 12.2. The van der Waals surface area contributed by atoms with Crippen molar-refractivity contribution in [3.8, 4) is 22.3 Å². The maximum absolute atomic E-state index is 8.52. The van der Waals surface area contributed by atoms with Crippen molar-refractivity contribution in [2.75, 3.05) is 0 Å². The predicted octanol–water partition coefficient (Wildman–Crippen LogP) is -1.75. The summed E-state index contributed by atoms with van der Waals surface area (Å²) in [6.07, 6.45) is 0. The molecule has 4 aromatic rings. The van der Waals surface area contributed by atoms with Crippen LogP contribution in [0.4, 0.5) is 0 Å². The lowest BCUT2D eigenvalue weighted by Gasteiger charge is -2.06. The van der Waals surface area contributed by atoms with Gasteiger partial charge in [-0.15, -0.1) is 0 Å². The quantitative estimate of drug-likeness (QED) is 0.111. The molecule has 0 fully saturated rings. The van der Waals surface area contributed by atoms with Gasteiger partial charge in [-0.2, -0.15) is 0 Å². The molecule has 4 nitrogen and oxygen atoms in total. The minimum absolute atomic E-state index is 0.103. The third-order valence-electron chi connectivity index (χ3n) is 4.48. The Hall–Kier alpha value is -1.79. The van der Waals surface area contributed by atoms with Gasteiger partial charge in [0, 0.05) is 32.7 Å². The van der Waals surface area contributed by atoms with Crippen molar-refractivity contribution in [1.82, 2.24) is 0 Å². The molecule has 156 valence electrons. The van der Waals surface area contributed by atoms with E-state index >= 15 is 0 Å². The van der Waals surface area contributed by atoms with Crippen LogP contribution in [0.1, 0.15) is 0 Å². The molecule has 31 heavy (non-hydrogen) atoms. The molecule has 6 rings (SSSR count). The van der Waals surface area contributed by atoms with Gasteiger partial charge in [-0.05, 0) is 48.5 Å². The van der Waals surface area contributed by atoms with Crippen molar-refractivity contribution in [3.63, 3.8) is 0 Å². The first kappa shape index (κ1) is 22.4. The zero-order chi connectivity index (χ0) is 21.8.